The van der Waals surface area contributed by atoms with Crippen LogP contribution in [-0.4, -0.2) is 47.4 Å². The maximum absolute atomic E-state index is 12.9. The first-order chi connectivity index (χ1) is 16.2. The van der Waals surface area contributed by atoms with Crippen molar-refractivity contribution in [2.24, 2.45) is 0 Å². The normalized spacial score (nSPS) is 17.4. The third kappa shape index (κ3) is 4.79. The second-order valence-corrected chi connectivity index (χ2v) is 8.72. The Labute approximate surface area is 194 Å². The van der Waals surface area contributed by atoms with Crippen molar-refractivity contribution < 1.29 is 14.3 Å². The summed E-state index contributed by atoms with van der Waals surface area (Å²) in [5.41, 5.74) is 3.50. The molecule has 1 atom stereocenters. The molecule has 2 aliphatic rings. The lowest BCUT2D eigenvalue weighted by Crippen LogP contribution is -2.35. The number of nitrogens with one attached hydrogen (secondary N) is 1. The molecule has 1 saturated heterocycles. The van der Waals surface area contributed by atoms with Crippen molar-refractivity contribution in [3.63, 3.8) is 0 Å². The zero-order valence-corrected chi connectivity index (χ0v) is 18.9. The van der Waals surface area contributed by atoms with E-state index in [4.69, 9.17) is 9.47 Å². The molecule has 7 heteroatoms. The molecule has 2 aliphatic heterocycles. The zero-order valence-electron chi connectivity index (χ0n) is 18.9. The highest BCUT2D eigenvalue weighted by Gasteiger charge is 2.26. The van der Waals surface area contributed by atoms with Gasteiger partial charge in [0.05, 0.1) is 18.8 Å². The minimum atomic E-state index is -0.658. The highest BCUT2D eigenvalue weighted by atomic mass is 16.5. The van der Waals surface area contributed by atoms with E-state index in [1.54, 1.807) is 13.3 Å². The summed E-state index contributed by atoms with van der Waals surface area (Å²) in [6, 6.07) is 18.2. The zero-order chi connectivity index (χ0) is 22.6. The number of ether oxygens (including phenoxy) is 2. The van der Waals surface area contributed by atoms with Crippen LogP contribution >= 0.6 is 0 Å². The van der Waals surface area contributed by atoms with Crippen LogP contribution in [0.3, 0.4) is 0 Å². The maximum atomic E-state index is 12.9. The van der Waals surface area contributed by atoms with Crippen molar-refractivity contribution in [3.8, 4) is 5.75 Å². The Morgan fingerprint density at radius 1 is 1.18 bits per heavy atom. The third-order valence-electron chi connectivity index (χ3n) is 6.56. The van der Waals surface area contributed by atoms with Crippen molar-refractivity contribution in [1.82, 2.24) is 14.7 Å². The highest BCUT2D eigenvalue weighted by molar-refractivity contribution is 5.94. The van der Waals surface area contributed by atoms with Gasteiger partial charge in [0.15, 0.2) is 6.10 Å². The molecule has 3 heterocycles. The number of carbonyl (C=O) groups excluding carboxylic acids is 1. The molecule has 1 fully saturated rings. The second-order valence-electron chi connectivity index (χ2n) is 8.72. The van der Waals surface area contributed by atoms with Crippen molar-refractivity contribution in [3.05, 3.63) is 77.5 Å². The van der Waals surface area contributed by atoms with E-state index in [-0.39, 0.29) is 11.9 Å². The Hall–Kier alpha value is -3.16. The molecule has 0 radical (unpaired) electrons. The lowest BCUT2D eigenvalue weighted by molar-refractivity contribution is -0.126. The molecule has 0 bridgehead atoms. The van der Waals surface area contributed by atoms with Gasteiger partial charge in [-0.2, -0.15) is 5.10 Å². The van der Waals surface area contributed by atoms with Crippen LogP contribution in [0.1, 0.15) is 41.7 Å². The fraction of sp³-hybridized carbons (Fsp3) is 0.385. The Morgan fingerprint density at radius 3 is 2.79 bits per heavy atom. The van der Waals surface area contributed by atoms with Gasteiger partial charge in [-0.3, -0.25) is 9.69 Å². The molecular formula is C26H30N4O3. The number of carbonyl (C=O) groups is 1. The number of anilines is 1. The molecule has 172 valence electrons. The fourth-order valence-electron chi connectivity index (χ4n) is 4.84. The summed E-state index contributed by atoms with van der Waals surface area (Å²) in [5.74, 6) is 1.56. The topological polar surface area (TPSA) is 68.6 Å². The number of benzene rings is 2. The van der Waals surface area contributed by atoms with Crippen molar-refractivity contribution >= 4 is 11.7 Å². The number of methoxy groups -OCH3 is 1. The van der Waals surface area contributed by atoms with E-state index in [0.29, 0.717) is 0 Å². The second kappa shape index (κ2) is 9.77. The molecule has 3 aromatic rings. The summed E-state index contributed by atoms with van der Waals surface area (Å²) in [5, 5.41) is 7.55. The van der Waals surface area contributed by atoms with Gasteiger partial charge in [-0.15, -0.1) is 0 Å². The molecule has 1 N–H and O–H groups in total. The molecule has 1 aromatic heterocycles. The Bertz CT molecular complexity index is 1090. The summed E-state index contributed by atoms with van der Waals surface area (Å²) < 4.78 is 13.1. The van der Waals surface area contributed by atoms with Gasteiger partial charge in [0.2, 0.25) is 0 Å². The van der Waals surface area contributed by atoms with Gasteiger partial charge < -0.3 is 14.8 Å². The van der Waals surface area contributed by atoms with Crippen molar-refractivity contribution in [2.75, 3.05) is 32.1 Å². The SMILES string of the molecule is CO[C@@H](C(=O)Nc1ccnn1C1CCN(Cc2ccc3c(c2)CCO3)CC1)c1ccccc1. The number of rotatable bonds is 7. The van der Waals surface area contributed by atoms with Crippen LogP contribution < -0.4 is 10.1 Å². The quantitative estimate of drug-likeness (QED) is 0.595. The molecule has 0 saturated carbocycles. The van der Waals surface area contributed by atoms with E-state index in [9.17, 15) is 4.79 Å². The van der Waals surface area contributed by atoms with E-state index in [1.807, 2.05) is 41.1 Å². The molecule has 5 rings (SSSR count). The van der Waals surface area contributed by atoms with E-state index in [0.717, 1.165) is 62.6 Å². The number of amides is 1. The molecule has 7 nitrogen and oxygen atoms in total. The number of piperidine rings is 1. The number of hydrogen-bond acceptors (Lipinski definition) is 5. The molecule has 0 spiro atoms. The lowest BCUT2D eigenvalue weighted by Gasteiger charge is -2.33. The Balaban J connectivity index is 1.19. The molecular weight excluding hydrogens is 416 g/mol. The first kappa shape index (κ1) is 21.7. The average molecular weight is 447 g/mol. The summed E-state index contributed by atoms with van der Waals surface area (Å²) in [6.45, 7) is 3.74. The van der Waals surface area contributed by atoms with E-state index >= 15 is 0 Å². The maximum Gasteiger partial charge on any atom is 0.259 e. The molecule has 2 aromatic carbocycles. The number of hydrogen-bond donors (Lipinski definition) is 1. The van der Waals surface area contributed by atoms with Crippen LogP contribution in [0.2, 0.25) is 0 Å². The molecule has 33 heavy (non-hydrogen) atoms. The summed E-state index contributed by atoms with van der Waals surface area (Å²) >= 11 is 0. The van der Waals surface area contributed by atoms with E-state index in [1.165, 1.54) is 11.1 Å². The number of aromatic nitrogens is 2. The van der Waals surface area contributed by atoms with Gasteiger partial charge in [-0.25, -0.2) is 4.68 Å². The molecule has 0 unspecified atom stereocenters. The van der Waals surface area contributed by atoms with E-state index in [2.05, 4.69) is 33.5 Å². The van der Waals surface area contributed by atoms with Gasteiger partial charge in [0, 0.05) is 39.2 Å². The van der Waals surface area contributed by atoms with Gasteiger partial charge in [-0.1, -0.05) is 42.5 Å². The average Bonchev–Trinajstić information content (AvgIpc) is 3.50. The van der Waals surface area contributed by atoms with Crippen molar-refractivity contribution in [2.45, 2.75) is 38.0 Å². The third-order valence-corrected chi connectivity index (χ3v) is 6.56. The van der Waals surface area contributed by atoms with Crippen LogP contribution in [-0.2, 0) is 22.5 Å². The predicted molar refractivity (Wildman–Crippen MR) is 126 cm³/mol. The van der Waals surface area contributed by atoms with Crippen molar-refractivity contribution in [1.29, 1.82) is 0 Å². The van der Waals surface area contributed by atoms with Crippen LogP contribution in [0.25, 0.3) is 0 Å². The van der Waals surface area contributed by atoms with Crippen LogP contribution in [0, 0.1) is 0 Å². The van der Waals surface area contributed by atoms with E-state index < -0.39 is 6.10 Å². The fourth-order valence-corrected chi connectivity index (χ4v) is 4.84. The Kier molecular flexibility index (Phi) is 6.41. The first-order valence-corrected chi connectivity index (χ1v) is 11.6. The number of nitrogens with zero attached hydrogens (tertiary/aromatic N) is 3. The minimum Gasteiger partial charge on any atom is -0.493 e. The summed E-state index contributed by atoms with van der Waals surface area (Å²) in [6.07, 6.45) is 4.08. The van der Waals surface area contributed by atoms with Crippen LogP contribution in [0.5, 0.6) is 5.75 Å². The van der Waals surface area contributed by atoms with Crippen LogP contribution in [0.15, 0.2) is 60.8 Å². The largest absolute Gasteiger partial charge is 0.493 e. The number of fused-ring (bicyclic) bond motifs is 1. The lowest BCUT2D eigenvalue weighted by atomic mass is 10.0. The van der Waals surface area contributed by atoms with Gasteiger partial charge in [-0.05, 0) is 35.6 Å². The summed E-state index contributed by atoms with van der Waals surface area (Å²) in [4.78, 5) is 15.4. The minimum absolute atomic E-state index is 0.191. The highest BCUT2D eigenvalue weighted by Crippen LogP contribution is 2.29. The van der Waals surface area contributed by atoms with Gasteiger partial charge >= 0.3 is 0 Å². The first-order valence-electron chi connectivity index (χ1n) is 11.6. The smallest absolute Gasteiger partial charge is 0.259 e. The molecule has 1 amide bonds. The monoisotopic (exact) mass is 446 g/mol. The molecule has 0 aliphatic carbocycles. The number of likely N-dealkylation sites (tertiary alicyclic amines) is 1. The summed E-state index contributed by atoms with van der Waals surface area (Å²) in [7, 11) is 1.55. The predicted octanol–water partition coefficient (Wildman–Crippen LogP) is 3.98. The Morgan fingerprint density at radius 2 is 2.00 bits per heavy atom. The van der Waals surface area contributed by atoms with Gasteiger partial charge in [0.1, 0.15) is 11.6 Å². The van der Waals surface area contributed by atoms with Gasteiger partial charge in [0.25, 0.3) is 5.91 Å². The standard InChI is InChI=1S/C26H30N4O3/c1-32-25(20-5-3-2-4-6-20)26(31)28-24-9-13-27-30(24)22-10-14-29(15-11-22)18-19-7-8-23-21(17-19)12-16-33-23/h2-9,13,17,22,25H,10-12,14-16,18H2,1H3,(H,28,31)/t25-/m1/s1. The van der Waals surface area contributed by atoms with Crippen LogP contribution in [0.4, 0.5) is 5.82 Å².